The molecule has 3 nitrogen and oxygen atoms in total. The smallest absolute Gasteiger partial charge is 0.304 e. The molecule has 2 atom stereocenters. The van der Waals surface area contributed by atoms with Crippen molar-refractivity contribution in [2.75, 3.05) is 0 Å². The Morgan fingerprint density at radius 2 is 2.16 bits per heavy atom. The van der Waals surface area contributed by atoms with Crippen molar-refractivity contribution >= 4 is 5.97 Å². The second kappa shape index (κ2) is 7.95. The summed E-state index contributed by atoms with van der Waals surface area (Å²) in [5, 5.41) is 8.67. The molecule has 0 heterocycles. The van der Waals surface area contributed by atoms with Crippen molar-refractivity contribution in [3.8, 4) is 0 Å². The molecule has 0 aliphatic carbocycles. The highest BCUT2D eigenvalue weighted by Crippen LogP contribution is 2.16. The van der Waals surface area contributed by atoms with E-state index < -0.39 is 5.97 Å². The number of rotatable bonds is 8. The van der Waals surface area contributed by atoms with Crippen LogP contribution in [0.4, 0.5) is 0 Å². The summed E-state index contributed by atoms with van der Waals surface area (Å²) < 4.78 is 0. The van der Waals surface area contributed by atoms with E-state index in [9.17, 15) is 4.79 Å². The van der Waals surface area contributed by atoms with E-state index in [-0.39, 0.29) is 12.5 Å². The number of hydrogen-bond acceptors (Lipinski definition) is 2. The summed E-state index contributed by atoms with van der Waals surface area (Å²) in [5.41, 5.74) is 8.47. The minimum Gasteiger partial charge on any atom is -0.481 e. The van der Waals surface area contributed by atoms with Crippen LogP contribution in [0.5, 0.6) is 0 Å². The van der Waals surface area contributed by atoms with Crippen molar-refractivity contribution in [1.82, 2.24) is 0 Å². The zero-order chi connectivity index (χ0) is 14.3. The van der Waals surface area contributed by atoms with Crippen LogP contribution in [0.25, 0.3) is 0 Å². The van der Waals surface area contributed by atoms with Crippen LogP contribution >= 0.6 is 0 Å². The molecule has 0 aliphatic rings. The monoisotopic (exact) mass is 263 g/mol. The summed E-state index contributed by atoms with van der Waals surface area (Å²) >= 11 is 0. The van der Waals surface area contributed by atoms with Crippen LogP contribution in [0.1, 0.15) is 43.7 Å². The third-order valence-corrected chi connectivity index (χ3v) is 3.39. The number of hydrogen-bond donors (Lipinski definition) is 2. The molecule has 0 radical (unpaired) electrons. The fourth-order valence-electron chi connectivity index (χ4n) is 2.46. The van der Waals surface area contributed by atoms with Gasteiger partial charge in [-0.2, -0.15) is 0 Å². The topological polar surface area (TPSA) is 63.3 Å². The predicted octanol–water partition coefficient (Wildman–Crippen LogP) is 3.15. The van der Waals surface area contributed by atoms with Gasteiger partial charge in [0.25, 0.3) is 0 Å². The Morgan fingerprint density at radius 1 is 1.42 bits per heavy atom. The van der Waals surface area contributed by atoms with Gasteiger partial charge in [0.2, 0.25) is 0 Å². The summed E-state index contributed by atoms with van der Waals surface area (Å²) in [7, 11) is 0. The van der Waals surface area contributed by atoms with Crippen LogP contribution < -0.4 is 5.73 Å². The minimum absolute atomic E-state index is 0.0716. The van der Waals surface area contributed by atoms with E-state index in [1.165, 1.54) is 11.1 Å². The van der Waals surface area contributed by atoms with Crippen LogP contribution in [0.3, 0.4) is 0 Å². The molecule has 0 spiro atoms. The zero-order valence-electron chi connectivity index (χ0n) is 11.9. The Morgan fingerprint density at radius 3 is 2.79 bits per heavy atom. The number of carboxylic acids is 1. The fraction of sp³-hybridized carbons (Fsp3) is 0.562. The Bertz CT molecular complexity index is 403. The lowest BCUT2D eigenvalue weighted by molar-refractivity contribution is -0.137. The van der Waals surface area contributed by atoms with Crippen molar-refractivity contribution in [2.45, 2.75) is 52.0 Å². The van der Waals surface area contributed by atoms with E-state index >= 15 is 0 Å². The SMILES string of the molecule is Cc1cccc(CCC[C@@H](C)CC(N)CC(=O)O)c1. The summed E-state index contributed by atoms with van der Waals surface area (Å²) in [6.45, 7) is 4.26. The van der Waals surface area contributed by atoms with Gasteiger partial charge in [-0.15, -0.1) is 0 Å². The molecule has 0 saturated carbocycles. The first-order valence-electron chi connectivity index (χ1n) is 7.00. The van der Waals surface area contributed by atoms with Crippen molar-refractivity contribution < 1.29 is 9.90 Å². The zero-order valence-corrected chi connectivity index (χ0v) is 11.9. The van der Waals surface area contributed by atoms with Crippen LogP contribution in [0.2, 0.25) is 0 Å². The second-order valence-electron chi connectivity index (χ2n) is 5.58. The van der Waals surface area contributed by atoms with Crippen LogP contribution in [-0.2, 0) is 11.2 Å². The lowest BCUT2D eigenvalue weighted by Gasteiger charge is -2.15. The van der Waals surface area contributed by atoms with Gasteiger partial charge in [0.15, 0.2) is 0 Å². The van der Waals surface area contributed by atoms with Crippen molar-refractivity contribution in [3.05, 3.63) is 35.4 Å². The summed E-state index contributed by atoms with van der Waals surface area (Å²) in [6.07, 6.45) is 4.17. The number of aliphatic carboxylic acids is 1. The first-order valence-corrected chi connectivity index (χ1v) is 7.00. The normalized spacial score (nSPS) is 14.1. The second-order valence-corrected chi connectivity index (χ2v) is 5.58. The molecule has 106 valence electrons. The fourth-order valence-corrected chi connectivity index (χ4v) is 2.46. The molecule has 0 aliphatic heterocycles. The highest BCUT2D eigenvalue weighted by Gasteiger charge is 2.12. The number of carboxylic acid groups (broad SMARTS) is 1. The Kier molecular flexibility index (Phi) is 6.57. The van der Waals surface area contributed by atoms with E-state index in [2.05, 4.69) is 38.1 Å². The predicted molar refractivity (Wildman–Crippen MR) is 78.1 cm³/mol. The third kappa shape index (κ3) is 6.97. The molecule has 0 aromatic heterocycles. The summed E-state index contributed by atoms with van der Waals surface area (Å²) in [6, 6.07) is 8.37. The van der Waals surface area contributed by atoms with Gasteiger partial charge < -0.3 is 10.8 Å². The van der Waals surface area contributed by atoms with Crippen molar-refractivity contribution in [3.63, 3.8) is 0 Å². The highest BCUT2D eigenvalue weighted by atomic mass is 16.4. The summed E-state index contributed by atoms with van der Waals surface area (Å²) in [5.74, 6) is -0.321. The maximum absolute atomic E-state index is 10.5. The quantitative estimate of drug-likeness (QED) is 0.757. The van der Waals surface area contributed by atoms with Crippen LogP contribution in [0.15, 0.2) is 24.3 Å². The largest absolute Gasteiger partial charge is 0.481 e. The Hall–Kier alpha value is -1.35. The summed E-state index contributed by atoms with van der Waals surface area (Å²) in [4.78, 5) is 10.5. The Labute approximate surface area is 115 Å². The molecular weight excluding hydrogens is 238 g/mol. The molecule has 0 bridgehead atoms. The Balaban J connectivity index is 2.23. The first kappa shape index (κ1) is 15.7. The standard InChI is InChI=1S/C16H25NO2/c1-12-5-3-7-14(9-12)8-4-6-13(2)10-15(17)11-16(18)19/h3,5,7,9,13,15H,4,6,8,10-11,17H2,1-2H3,(H,18,19)/t13-,15?/m1/s1. The molecule has 0 saturated heterocycles. The molecule has 0 fully saturated rings. The first-order chi connectivity index (χ1) is 8.97. The molecule has 1 aromatic carbocycles. The third-order valence-electron chi connectivity index (χ3n) is 3.39. The molecule has 19 heavy (non-hydrogen) atoms. The highest BCUT2D eigenvalue weighted by molar-refractivity contribution is 5.67. The molecule has 1 rings (SSSR count). The van der Waals surface area contributed by atoms with Crippen molar-refractivity contribution in [1.29, 1.82) is 0 Å². The number of nitrogens with two attached hydrogens (primary N) is 1. The number of benzene rings is 1. The van der Waals surface area contributed by atoms with E-state index in [4.69, 9.17) is 10.8 Å². The minimum atomic E-state index is -0.806. The van der Waals surface area contributed by atoms with Crippen LogP contribution in [0, 0.1) is 12.8 Å². The van der Waals surface area contributed by atoms with E-state index in [0.29, 0.717) is 5.92 Å². The number of aryl methyl sites for hydroxylation is 2. The van der Waals surface area contributed by atoms with Gasteiger partial charge in [-0.25, -0.2) is 0 Å². The maximum Gasteiger partial charge on any atom is 0.304 e. The van der Waals surface area contributed by atoms with Crippen LogP contribution in [-0.4, -0.2) is 17.1 Å². The van der Waals surface area contributed by atoms with Crippen molar-refractivity contribution in [2.24, 2.45) is 11.7 Å². The average Bonchev–Trinajstić information content (AvgIpc) is 2.27. The van der Waals surface area contributed by atoms with Gasteiger partial charge in [-0.1, -0.05) is 43.2 Å². The van der Waals surface area contributed by atoms with Gasteiger partial charge in [-0.05, 0) is 37.7 Å². The maximum atomic E-state index is 10.5. The molecule has 1 unspecified atom stereocenters. The van der Waals surface area contributed by atoms with E-state index in [1.54, 1.807) is 0 Å². The van der Waals surface area contributed by atoms with E-state index in [0.717, 1.165) is 25.7 Å². The average molecular weight is 263 g/mol. The molecular formula is C16H25NO2. The molecule has 0 amide bonds. The van der Waals surface area contributed by atoms with Gasteiger partial charge in [-0.3, -0.25) is 4.79 Å². The molecule has 3 heteroatoms. The van der Waals surface area contributed by atoms with E-state index in [1.807, 2.05) is 0 Å². The van der Waals surface area contributed by atoms with Gasteiger partial charge in [0, 0.05) is 6.04 Å². The van der Waals surface area contributed by atoms with Gasteiger partial charge in [0.1, 0.15) is 0 Å². The lowest BCUT2D eigenvalue weighted by Crippen LogP contribution is -2.26. The van der Waals surface area contributed by atoms with Gasteiger partial charge in [0.05, 0.1) is 6.42 Å². The molecule has 1 aromatic rings. The number of carbonyl (C=O) groups is 1. The molecule has 3 N–H and O–H groups in total. The lowest BCUT2D eigenvalue weighted by atomic mass is 9.94. The van der Waals surface area contributed by atoms with Gasteiger partial charge >= 0.3 is 5.97 Å².